The standard InChI is InChI=1S/2C5H5.2C2H5.2Ru/c2*1-2-4-5-3-1;2*1-2;;/h2*1-5H;2*1H2,2H3;;. The van der Waals surface area contributed by atoms with Gasteiger partial charge in [-0.15, -0.1) is 0 Å². The molecule has 0 unspecified atom stereocenters. The number of allylic oxidation sites excluding steroid dienone is 8. The second-order valence-electron chi connectivity index (χ2n) is 3.18. The van der Waals surface area contributed by atoms with Gasteiger partial charge in [0.1, 0.15) is 0 Å². The van der Waals surface area contributed by atoms with E-state index < -0.39 is 0 Å². The summed E-state index contributed by atoms with van der Waals surface area (Å²) in [6.07, 6.45) is 17.8. The fourth-order valence-electron chi connectivity index (χ4n) is 1.32. The van der Waals surface area contributed by atoms with Gasteiger partial charge in [-0.2, -0.15) is 0 Å². The van der Waals surface area contributed by atoms with E-state index in [4.69, 9.17) is 0 Å². The third-order valence-corrected chi connectivity index (χ3v) is 6.40. The molecule has 0 saturated carbocycles. The van der Waals surface area contributed by atoms with E-state index in [1.807, 2.05) is 0 Å². The molecule has 0 radical (unpaired) electrons. The van der Waals surface area contributed by atoms with Crippen LogP contribution in [0.4, 0.5) is 0 Å². The van der Waals surface area contributed by atoms with Crippen molar-refractivity contribution in [1.29, 1.82) is 0 Å². The molecule has 0 aromatic carbocycles. The summed E-state index contributed by atoms with van der Waals surface area (Å²) in [5.74, 6) is 0. The Bertz CT molecular complexity index is 233. The number of hydrogen-bond acceptors (Lipinski definition) is 0. The van der Waals surface area contributed by atoms with E-state index >= 15 is 0 Å². The molecule has 2 rings (SSSR count). The first kappa shape index (κ1) is 14.3. The van der Waals surface area contributed by atoms with Gasteiger partial charge in [0.2, 0.25) is 0 Å². The molecule has 2 aliphatic rings. The molecule has 0 amide bonds. The van der Waals surface area contributed by atoms with E-state index in [9.17, 15) is 0 Å². The van der Waals surface area contributed by atoms with Crippen LogP contribution in [-0.4, -0.2) is 0 Å². The predicted molar refractivity (Wildman–Crippen MR) is 65.0 cm³/mol. The Labute approximate surface area is 115 Å². The summed E-state index contributed by atoms with van der Waals surface area (Å²) in [5.41, 5.74) is 0. The van der Waals surface area contributed by atoms with Gasteiger partial charge in [0.15, 0.2) is 0 Å². The van der Waals surface area contributed by atoms with Crippen molar-refractivity contribution in [2.75, 3.05) is 0 Å². The predicted octanol–water partition coefficient (Wildman–Crippen LogP) is 4.84. The molecule has 16 heavy (non-hydrogen) atoms. The van der Waals surface area contributed by atoms with Crippen molar-refractivity contribution in [3.63, 3.8) is 0 Å². The van der Waals surface area contributed by atoms with Gasteiger partial charge < -0.3 is 0 Å². The molecule has 0 aromatic heterocycles. The second kappa shape index (κ2) is 9.26. The maximum absolute atomic E-state index is 2.29. The molecule has 0 bridgehead atoms. The third-order valence-electron chi connectivity index (χ3n) is 2.01. The quantitative estimate of drug-likeness (QED) is 0.603. The molecule has 92 valence electrons. The summed E-state index contributed by atoms with van der Waals surface area (Å²) in [7, 11) is 0. The van der Waals surface area contributed by atoms with Crippen molar-refractivity contribution in [2.45, 2.75) is 32.9 Å². The minimum atomic E-state index is 0.608. The van der Waals surface area contributed by atoms with Gasteiger partial charge in [-0.3, -0.25) is 0 Å². The van der Waals surface area contributed by atoms with Crippen LogP contribution in [0.1, 0.15) is 13.8 Å². The van der Waals surface area contributed by atoms with Gasteiger partial charge in [-0.25, -0.2) is 0 Å². The summed E-state index contributed by atoms with van der Waals surface area (Å²) in [6, 6.07) is 0. The molecular formula is C14H20Ru2. The fraction of sp³-hybridized carbons (Fsp3) is 0.429. The van der Waals surface area contributed by atoms with Crippen molar-refractivity contribution in [3.8, 4) is 0 Å². The van der Waals surface area contributed by atoms with Gasteiger partial charge in [0.05, 0.1) is 0 Å². The van der Waals surface area contributed by atoms with Crippen molar-refractivity contribution in [2.24, 2.45) is 0 Å². The first-order valence-corrected chi connectivity index (χ1v) is 10.1. The zero-order chi connectivity index (χ0) is 11.6. The van der Waals surface area contributed by atoms with Crippen LogP contribution in [0.25, 0.3) is 0 Å². The average molecular weight is 390 g/mol. The zero-order valence-corrected chi connectivity index (χ0v) is 13.4. The Morgan fingerprint density at radius 1 is 0.688 bits per heavy atom. The molecule has 2 aliphatic carbocycles. The van der Waals surface area contributed by atoms with Crippen LogP contribution in [-0.2, 0) is 34.3 Å². The Balaban J connectivity index is 0.000000160. The average Bonchev–Trinajstić information content (AvgIpc) is 2.92. The Kier molecular flexibility index (Phi) is 8.26. The molecular weight excluding hydrogens is 370 g/mol. The first-order chi connectivity index (χ1) is 7.86. The van der Waals surface area contributed by atoms with E-state index in [1.54, 1.807) is 0 Å². The molecule has 0 saturated heterocycles. The summed E-state index contributed by atoms with van der Waals surface area (Å²) in [4.78, 5) is 0. The van der Waals surface area contributed by atoms with E-state index in [1.165, 1.54) is 10.0 Å². The van der Waals surface area contributed by atoms with Crippen molar-refractivity contribution >= 4 is 0 Å². The van der Waals surface area contributed by atoms with E-state index in [0.717, 1.165) is 9.02 Å². The zero-order valence-electron chi connectivity index (χ0n) is 9.89. The van der Waals surface area contributed by atoms with E-state index in [0.29, 0.717) is 34.3 Å². The topological polar surface area (TPSA) is 0 Å². The fourth-order valence-corrected chi connectivity index (χ4v) is 4.68. The second-order valence-corrected chi connectivity index (χ2v) is 9.38. The first-order valence-electron chi connectivity index (χ1n) is 5.66. The Hall–Kier alpha value is 0.207. The molecule has 0 fully saturated rings. The minimum absolute atomic E-state index is 0.608. The van der Waals surface area contributed by atoms with E-state index in [-0.39, 0.29) is 0 Å². The molecule has 2 heteroatoms. The molecule has 0 N–H and O–H groups in total. The normalized spacial score (nSPS) is 18.6. The van der Waals surface area contributed by atoms with Gasteiger partial charge in [0.25, 0.3) is 0 Å². The third kappa shape index (κ3) is 6.07. The van der Waals surface area contributed by atoms with Crippen molar-refractivity contribution < 1.29 is 34.3 Å². The van der Waals surface area contributed by atoms with Crippen LogP contribution in [0.5, 0.6) is 0 Å². The van der Waals surface area contributed by atoms with Gasteiger partial charge >= 0.3 is 116 Å². The van der Waals surface area contributed by atoms with Crippen LogP contribution in [0.3, 0.4) is 0 Å². The monoisotopic (exact) mass is 392 g/mol. The Morgan fingerprint density at radius 3 is 1.25 bits per heavy atom. The van der Waals surface area contributed by atoms with Crippen LogP contribution in [0, 0.1) is 0 Å². The summed E-state index contributed by atoms with van der Waals surface area (Å²) >= 11 is 1.22. The molecule has 0 nitrogen and oxygen atoms in total. The van der Waals surface area contributed by atoms with Gasteiger partial charge in [-0.05, 0) is 0 Å². The molecule has 0 atom stereocenters. The molecule has 0 heterocycles. The summed E-state index contributed by atoms with van der Waals surface area (Å²) in [5, 5.41) is 2.76. The number of hydrogen-bond donors (Lipinski definition) is 0. The van der Waals surface area contributed by atoms with Crippen molar-refractivity contribution in [3.05, 3.63) is 48.6 Å². The molecule has 0 aliphatic heterocycles. The SMILES string of the molecule is C[CH2][Ru][CH]1C=CC=C1.C[CH2][Ru][CH]1C=CC=C1. The van der Waals surface area contributed by atoms with Gasteiger partial charge in [0, 0.05) is 0 Å². The van der Waals surface area contributed by atoms with Crippen LogP contribution < -0.4 is 0 Å². The molecule has 0 aromatic rings. The van der Waals surface area contributed by atoms with Gasteiger partial charge in [-0.1, -0.05) is 0 Å². The van der Waals surface area contributed by atoms with Crippen molar-refractivity contribution in [1.82, 2.24) is 0 Å². The summed E-state index contributed by atoms with van der Waals surface area (Å²) < 4.78 is 1.68. The van der Waals surface area contributed by atoms with Crippen LogP contribution in [0.15, 0.2) is 48.6 Å². The van der Waals surface area contributed by atoms with Crippen LogP contribution in [0.2, 0.25) is 19.1 Å². The van der Waals surface area contributed by atoms with Crippen LogP contribution >= 0.6 is 0 Å². The number of rotatable bonds is 4. The molecule has 0 spiro atoms. The summed E-state index contributed by atoms with van der Waals surface area (Å²) in [6.45, 7) is 4.52. The maximum atomic E-state index is 2.29. The Morgan fingerprint density at radius 2 is 1.00 bits per heavy atom. The van der Waals surface area contributed by atoms with E-state index in [2.05, 4.69) is 62.5 Å².